The van der Waals surface area contributed by atoms with E-state index in [1.807, 2.05) is 62.4 Å². The van der Waals surface area contributed by atoms with Crippen LogP contribution >= 0.6 is 0 Å². The van der Waals surface area contributed by atoms with E-state index in [0.717, 1.165) is 41.0 Å². The Hall–Kier alpha value is -3.26. The number of carbonyl (C=O) groups is 1. The number of nitriles is 1. The molecule has 0 atom stereocenters. The molecular weight excluding hydrogens is 338 g/mol. The first-order chi connectivity index (χ1) is 13.1. The Bertz CT molecular complexity index is 844. The van der Waals surface area contributed by atoms with E-state index < -0.39 is 5.91 Å². The molecule has 0 aromatic heterocycles. The number of aryl methyl sites for hydroxylation is 2. The fraction of sp³-hybridized carbons (Fsp3) is 0.273. The van der Waals surface area contributed by atoms with Gasteiger partial charge in [-0.3, -0.25) is 4.79 Å². The lowest BCUT2D eigenvalue weighted by Crippen LogP contribution is -2.18. The Labute approximate surface area is 160 Å². The molecule has 0 heterocycles. The Kier molecular flexibility index (Phi) is 7.45. The monoisotopic (exact) mass is 363 g/mol. The second-order valence-corrected chi connectivity index (χ2v) is 5.98. The molecule has 1 amide bonds. The van der Waals surface area contributed by atoms with Crippen molar-refractivity contribution in [3.05, 3.63) is 70.9 Å². The molecular formula is C22H25N3O2. The average molecular weight is 363 g/mol. The minimum atomic E-state index is -0.416. The molecule has 5 heteroatoms. The van der Waals surface area contributed by atoms with E-state index in [9.17, 15) is 10.1 Å². The lowest BCUT2D eigenvalue weighted by Gasteiger charge is -2.14. The maximum atomic E-state index is 12.6. The molecule has 2 N–H and O–H groups in total. The normalized spacial score (nSPS) is 10.8. The molecule has 0 saturated heterocycles. The number of hydrogen-bond acceptors (Lipinski definition) is 4. The van der Waals surface area contributed by atoms with Crippen molar-refractivity contribution in [1.29, 1.82) is 5.26 Å². The second kappa shape index (κ2) is 10.0. The number of benzene rings is 2. The van der Waals surface area contributed by atoms with E-state index in [-0.39, 0.29) is 5.57 Å². The number of hydrogen-bond donors (Lipinski definition) is 2. The molecule has 2 aromatic rings. The largest absolute Gasteiger partial charge is 0.496 e. The number of rotatable bonds is 8. The molecule has 0 saturated carbocycles. The zero-order valence-corrected chi connectivity index (χ0v) is 16.0. The minimum absolute atomic E-state index is 0.0258. The highest BCUT2D eigenvalue weighted by Gasteiger charge is 2.14. The van der Waals surface area contributed by atoms with Gasteiger partial charge in [0.25, 0.3) is 5.91 Å². The van der Waals surface area contributed by atoms with Crippen molar-refractivity contribution in [1.82, 2.24) is 5.32 Å². The smallest absolute Gasteiger partial charge is 0.267 e. The highest BCUT2D eigenvalue weighted by atomic mass is 16.5. The quantitative estimate of drug-likeness (QED) is 0.550. The van der Waals surface area contributed by atoms with Gasteiger partial charge in [0, 0.05) is 24.0 Å². The summed E-state index contributed by atoms with van der Waals surface area (Å²) in [4.78, 5) is 12.6. The molecule has 0 aliphatic rings. The van der Waals surface area contributed by atoms with Crippen LogP contribution in [0.25, 0.3) is 0 Å². The van der Waals surface area contributed by atoms with E-state index in [2.05, 4.69) is 10.6 Å². The van der Waals surface area contributed by atoms with Crippen LogP contribution in [0.15, 0.2) is 54.2 Å². The number of methoxy groups -OCH3 is 1. The van der Waals surface area contributed by atoms with Gasteiger partial charge in [0.05, 0.1) is 7.11 Å². The Balaban J connectivity index is 2.12. The van der Waals surface area contributed by atoms with Crippen molar-refractivity contribution in [3.8, 4) is 11.8 Å². The minimum Gasteiger partial charge on any atom is -0.496 e. The summed E-state index contributed by atoms with van der Waals surface area (Å²) in [5.41, 5.74) is 3.89. The number of para-hydroxylation sites is 2. The summed E-state index contributed by atoms with van der Waals surface area (Å²) in [6, 6.07) is 15.5. The molecule has 27 heavy (non-hydrogen) atoms. The summed E-state index contributed by atoms with van der Waals surface area (Å²) in [5, 5.41) is 15.3. The number of nitrogens with one attached hydrogen (secondary N) is 2. The molecule has 5 nitrogen and oxygen atoms in total. The van der Waals surface area contributed by atoms with E-state index in [1.165, 1.54) is 6.20 Å². The van der Waals surface area contributed by atoms with Gasteiger partial charge in [-0.15, -0.1) is 0 Å². The predicted octanol–water partition coefficient (Wildman–Crippen LogP) is 3.96. The molecule has 0 fully saturated rings. The number of amides is 1. The standard InChI is InChI=1S/C22H25N3O2/c1-4-16-10-8-11-17(5-2)21(16)25-22(26)19(13-23)15-24-14-18-9-6-7-12-20(18)27-3/h6-12,15,24H,4-5,14H2,1-3H3,(H,25,26)/b19-15-. The number of ether oxygens (including phenoxy) is 1. The highest BCUT2D eigenvalue weighted by molar-refractivity contribution is 6.07. The van der Waals surface area contributed by atoms with Crippen LogP contribution in [-0.4, -0.2) is 13.0 Å². The molecule has 140 valence electrons. The van der Waals surface area contributed by atoms with Gasteiger partial charge in [-0.25, -0.2) is 0 Å². The van der Waals surface area contributed by atoms with Gasteiger partial charge >= 0.3 is 0 Å². The maximum Gasteiger partial charge on any atom is 0.267 e. The summed E-state index contributed by atoms with van der Waals surface area (Å²) >= 11 is 0. The summed E-state index contributed by atoms with van der Waals surface area (Å²) in [6.45, 7) is 4.54. The van der Waals surface area contributed by atoms with Gasteiger partial charge in [0.15, 0.2) is 0 Å². The third-order valence-corrected chi connectivity index (χ3v) is 4.33. The SMILES string of the molecule is CCc1cccc(CC)c1NC(=O)/C(C#N)=C\NCc1ccccc1OC. The van der Waals surface area contributed by atoms with Crippen LogP contribution < -0.4 is 15.4 Å². The van der Waals surface area contributed by atoms with Gasteiger partial charge in [0.2, 0.25) is 0 Å². The fourth-order valence-electron chi connectivity index (χ4n) is 2.84. The fourth-order valence-corrected chi connectivity index (χ4v) is 2.84. The van der Waals surface area contributed by atoms with Crippen LogP contribution in [0.3, 0.4) is 0 Å². The van der Waals surface area contributed by atoms with Crippen molar-refractivity contribution in [2.24, 2.45) is 0 Å². The number of anilines is 1. The van der Waals surface area contributed by atoms with Crippen LogP contribution in [0.2, 0.25) is 0 Å². The Morgan fingerprint density at radius 3 is 2.30 bits per heavy atom. The average Bonchev–Trinajstić information content (AvgIpc) is 2.71. The van der Waals surface area contributed by atoms with Crippen LogP contribution in [0.4, 0.5) is 5.69 Å². The van der Waals surface area contributed by atoms with Crippen LogP contribution in [0, 0.1) is 11.3 Å². The van der Waals surface area contributed by atoms with Gasteiger partial charge in [-0.1, -0.05) is 50.2 Å². The van der Waals surface area contributed by atoms with Gasteiger partial charge in [0.1, 0.15) is 17.4 Å². The van der Waals surface area contributed by atoms with E-state index >= 15 is 0 Å². The summed E-state index contributed by atoms with van der Waals surface area (Å²) < 4.78 is 5.30. The van der Waals surface area contributed by atoms with E-state index in [4.69, 9.17) is 4.74 Å². The first-order valence-electron chi connectivity index (χ1n) is 9.02. The molecule has 0 radical (unpaired) electrons. The van der Waals surface area contributed by atoms with Crippen molar-refractivity contribution >= 4 is 11.6 Å². The molecule has 2 aromatic carbocycles. The molecule has 0 aliphatic carbocycles. The second-order valence-electron chi connectivity index (χ2n) is 5.98. The first-order valence-corrected chi connectivity index (χ1v) is 9.02. The van der Waals surface area contributed by atoms with Crippen LogP contribution in [0.1, 0.15) is 30.5 Å². The van der Waals surface area contributed by atoms with Crippen molar-refractivity contribution in [3.63, 3.8) is 0 Å². The summed E-state index contributed by atoms with van der Waals surface area (Å²) in [5.74, 6) is 0.339. The van der Waals surface area contributed by atoms with Gasteiger partial charge in [-0.2, -0.15) is 5.26 Å². The molecule has 0 aliphatic heterocycles. The van der Waals surface area contributed by atoms with Crippen molar-refractivity contribution in [2.75, 3.05) is 12.4 Å². The molecule has 0 spiro atoms. The van der Waals surface area contributed by atoms with Crippen LogP contribution in [-0.2, 0) is 24.2 Å². The predicted molar refractivity (Wildman–Crippen MR) is 107 cm³/mol. The summed E-state index contributed by atoms with van der Waals surface area (Å²) in [6.07, 6.45) is 3.06. The van der Waals surface area contributed by atoms with E-state index in [0.29, 0.717) is 6.54 Å². The lowest BCUT2D eigenvalue weighted by atomic mass is 10.0. The third-order valence-electron chi connectivity index (χ3n) is 4.33. The van der Waals surface area contributed by atoms with Crippen molar-refractivity contribution in [2.45, 2.75) is 33.2 Å². The zero-order chi connectivity index (χ0) is 19.6. The Morgan fingerprint density at radius 2 is 1.70 bits per heavy atom. The van der Waals surface area contributed by atoms with Gasteiger partial charge in [-0.05, 0) is 30.0 Å². The number of carbonyl (C=O) groups excluding carboxylic acids is 1. The van der Waals surface area contributed by atoms with Gasteiger partial charge < -0.3 is 15.4 Å². The highest BCUT2D eigenvalue weighted by Crippen LogP contribution is 2.23. The molecule has 2 rings (SSSR count). The Morgan fingerprint density at radius 1 is 1.07 bits per heavy atom. The number of nitrogens with zero attached hydrogens (tertiary/aromatic N) is 1. The van der Waals surface area contributed by atoms with Crippen molar-refractivity contribution < 1.29 is 9.53 Å². The zero-order valence-electron chi connectivity index (χ0n) is 16.0. The summed E-state index contributed by atoms with van der Waals surface area (Å²) in [7, 11) is 1.61. The van der Waals surface area contributed by atoms with E-state index in [1.54, 1.807) is 7.11 Å². The first kappa shape index (κ1) is 20.1. The molecule has 0 bridgehead atoms. The maximum absolute atomic E-state index is 12.6. The third kappa shape index (κ3) is 5.11. The van der Waals surface area contributed by atoms with Crippen LogP contribution in [0.5, 0.6) is 5.75 Å². The lowest BCUT2D eigenvalue weighted by molar-refractivity contribution is -0.112. The molecule has 0 unspecified atom stereocenters. The topological polar surface area (TPSA) is 74.2 Å².